The van der Waals surface area contributed by atoms with Gasteiger partial charge < -0.3 is 16.0 Å². The Labute approximate surface area is 122 Å². The molecule has 20 heavy (non-hydrogen) atoms. The van der Waals surface area contributed by atoms with Crippen molar-refractivity contribution in [2.45, 2.75) is 6.54 Å². The van der Waals surface area contributed by atoms with Crippen LogP contribution in [0.2, 0.25) is 5.02 Å². The summed E-state index contributed by atoms with van der Waals surface area (Å²) in [5, 5.41) is 3.45. The van der Waals surface area contributed by atoms with Crippen molar-refractivity contribution in [3.63, 3.8) is 0 Å². The summed E-state index contributed by atoms with van der Waals surface area (Å²) in [6, 6.07) is 13.3. The second-order valence-electron chi connectivity index (χ2n) is 4.64. The van der Waals surface area contributed by atoms with Crippen molar-refractivity contribution >= 4 is 34.6 Å². The SMILES string of the molecule is NCc1ccc(N2CC(=O)Nc3ccccc32)c(Cl)c1. The highest BCUT2D eigenvalue weighted by Gasteiger charge is 2.24. The number of carbonyl (C=O) groups is 1. The predicted octanol–water partition coefficient (Wildman–Crippen LogP) is 2.89. The highest BCUT2D eigenvalue weighted by molar-refractivity contribution is 6.33. The molecule has 1 aliphatic heterocycles. The number of amides is 1. The molecule has 0 radical (unpaired) electrons. The molecular formula is C15H14ClN3O. The quantitative estimate of drug-likeness (QED) is 0.893. The van der Waals surface area contributed by atoms with Crippen LogP contribution >= 0.6 is 11.6 Å². The fourth-order valence-electron chi connectivity index (χ4n) is 2.34. The second-order valence-corrected chi connectivity index (χ2v) is 5.05. The number of rotatable bonds is 2. The Kier molecular flexibility index (Phi) is 3.34. The van der Waals surface area contributed by atoms with Crippen molar-refractivity contribution < 1.29 is 4.79 Å². The van der Waals surface area contributed by atoms with Crippen molar-refractivity contribution in [1.82, 2.24) is 0 Å². The first-order chi connectivity index (χ1) is 9.69. The van der Waals surface area contributed by atoms with Crippen LogP contribution in [0, 0.1) is 0 Å². The summed E-state index contributed by atoms with van der Waals surface area (Å²) in [5.41, 5.74) is 9.12. The van der Waals surface area contributed by atoms with Crippen LogP contribution < -0.4 is 16.0 Å². The molecule has 0 saturated heterocycles. The van der Waals surface area contributed by atoms with Gasteiger partial charge in [-0.2, -0.15) is 0 Å². The Morgan fingerprint density at radius 1 is 1.20 bits per heavy atom. The molecule has 102 valence electrons. The molecule has 0 bridgehead atoms. The first-order valence-electron chi connectivity index (χ1n) is 6.34. The number of hydrogen-bond acceptors (Lipinski definition) is 3. The van der Waals surface area contributed by atoms with Crippen molar-refractivity contribution in [2.24, 2.45) is 5.73 Å². The summed E-state index contributed by atoms with van der Waals surface area (Å²) >= 11 is 6.33. The Bertz CT molecular complexity index is 672. The zero-order valence-electron chi connectivity index (χ0n) is 10.8. The maximum atomic E-state index is 11.8. The van der Waals surface area contributed by atoms with Gasteiger partial charge in [-0.25, -0.2) is 0 Å². The van der Waals surface area contributed by atoms with Crippen molar-refractivity contribution in [3.05, 3.63) is 53.1 Å². The Hall–Kier alpha value is -2.04. The van der Waals surface area contributed by atoms with Crippen molar-refractivity contribution in [3.8, 4) is 0 Å². The fraction of sp³-hybridized carbons (Fsp3) is 0.133. The number of halogens is 1. The molecule has 0 atom stereocenters. The third-order valence-electron chi connectivity index (χ3n) is 3.31. The van der Waals surface area contributed by atoms with Gasteiger partial charge in [-0.1, -0.05) is 29.8 Å². The summed E-state index contributed by atoms with van der Waals surface area (Å²) in [7, 11) is 0. The van der Waals surface area contributed by atoms with E-state index < -0.39 is 0 Å². The van der Waals surface area contributed by atoms with Crippen LogP contribution in [0.15, 0.2) is 42.5 Å². The van der Waals surface area contributed by atoms with E-state index in [1.165, 1.54) is 0 Å². The van der Waals surface area contributed by atoms with Crippen molar-refractivity contribution in [1.29, 1.82) is 0 Å². The largest absolute Gasteiger partial charge is 0.329 e. The van der Waals surface area contributed by atoms with Gasteiger partial charge in [0, 0.05) is 6.54 Å². The molecule has 0 aromatic heterocycles. The second kappa shape index (κ2) is 5.15. The van der Waals surface area contributed by atoms with E-state index in [2.05, 4.69) is 5.32 Å². The summed E-state index contributed by atoms with van der Waals surface area (Å²) in [4.78, 5) is 13.7. The zero-order valence-corrected chi connectivity index (χ0v) is 11.5. The molecule has 0 unspecified atom stereocenters. The predicted molar refractivity (Wildman–Crippen MR) is 81.4 cm³/mol. The normalized spacial score (nSPS) is 13.9. The number of para-hydroxylation sites is 2. The Balaban J connectivity index is 2.08. The van der Waals surface area contributed by atoms with Crippen LogP contribution in [0.3, 0.4) is 0 Å². The zero-order chi connectivity index (χ0) is 14.1. The molecular weight excluding hydrogens is 274 g/mol. The van der Waals surface area contributed by atoms with Gasteiger partial charge in [-0.05, 0) is 29.8 Å². The maximum Gasteiger partial charge on any atom is 0.244 e. The molecule has 0 saturated carbocycles. The van der Waals surface area contributed by atoms with Gasteiger partial charge in [0.05, 0.1) is 22.1 Å². The molecule has 2 aromatic rings. The van der Waals surface area contributed by atoms with E-state index in [-0.39, 0.29) is 12.5 Å². The lowest BCUT2D eigenvalue weighted by Crippen LogP contribution is -2.35. The van der Waals surface area contributed by atoms with E-state index in [4.69, 9.17) is 17.3 Å². The van der Waals surface area contributed by atoms with E-state index in [9.17, 15) is 4.79 Å². The standard InChI is InChI=1S/C15H14ClN3O/c16-11-7-10(8-17)5-6-13(11)19-9-15(20)18-12-3-1-2-4-14(12)19/h1-7H,8-9,17H2,(H,18,20). The summed E-state index contributed by atoms with van der Waals surface area (Å²) in [6.07, 6.45) is 0. The third kappa shape index (κ3) is 2.24. The number of anilines is 3. The molecule has 1 amide bonds. The molecule has 3 rings (SSSR count). The molecule has 1 heterocycles. The van der Waals surface area contributed by atoms with Gasteiger partial charge in [0.25, 0.3) is 0 Å². The lowest BCUT2D eigenvalue weighted by Gasteiger charge is -2.31. The minimum Gasteiger partial charge on any atom is -0.329 e. The monoisotopic (exact) mass is 287 g/mol. The number of nitrogens with one attached hydrogen (secondary N) is 1. The number of nitrogens with zero attached hydrogens (tertiary/aromatic N) is 1. The van der Waals surface area contributed by atoms with Gasteiger partial charge in [-0.3, -0.25) is 4.79 Å². The number of hydrogen-bond donors (Lipinski definition) is 2. The first kappa shape index (κ1) is 13.0. The van der Waals surface area contributed by atoms with Gasteiger partial charge in [0.15, 0.2) is 0 Å². The molecule has 4 nitrogen and oxygen atoms in total. The molecule has 0 aliphatic carbocycles. The highest BCUT2D eigenvalue weighted by atomic mass is 35.5. The molecule has 0 spiro atoms. The van der Waals surface area contributed by atoms with E-state index in [0.29, 0.717) is 11.6 Å². The van der Waals surface area contributed by atoms with Gasteiger partial charge >= 0.3 is 0 Å². The smallest absolute Gasteiger partial charge is 0.244 e. The van der Waals surface area contributed by atoms with Crippen LogP contribution in [0.4, 0.5) is 17.1 Å². The molecule has 3 N–H and O–H groups in total. The minimum atomic E-state index is -0.0531. The first-order valence-corrected chi connectivity index (χ1v) is 6.72. The number of fused-ring (bicyclic) bond motifs is 1. The van der Waals surface area contributed by atoms with E-state index in [1.54, 1.807) is 0 Å². The maximum absolute atomic E-state index is 11.8. The lowest BCUT2D eigenvalue weighted by molar-refractivity contribution is -0.115. The van der Waals surface area contributed by atoms with E-state index in [1.807, 2.05) is 47.4 Å². The van der Waals surface area contributed by atoms with E-state index >= 15 is 0 Å². The van der Waals surface area contributed by atoms with Crippen LogP contribution in [-0.2, 0) is 11.3 Å². The molecule has 2 aromatic carbocycles. The van der Waals surface area contributed by atoms with Crippen molar-refractivity contribution in [2.75, 3.05) is 16.8 Å². The number of benzene rings is 2. The molecule has 5 heteroatoms. The van der Waals surface area contributed by atoms with Crippen LogP contribution in [0.25, 0.3) is 0 Å². The summed E-state index contributed by atoms with van der Waals surface area (Å²) in [5.74, 6) is -0.0531. The average Bonchev–Trinajstić information content (AvgIpc) is 2.46. The lowest BCUT2D eigenvalue weighted by atomic mass is 10.1. The average molecular weight is 288 g/mol. The van der Waals surface area contributed by atoms with Gasteiger partial charge in [-0.15, -0.1) is 0 Å². The fourth-order valence-corrected chi connectivity index (χ4v) is 2.65. The van der Waals surface area contributed by atoms with E-state index in [0.717, 1.165) is 22.6 Å². The minimum absolute atomic E-state index is 0.0531. The topological polar surface area (TPSA) is 58.4 Å². The molecule has 0 fully saturated rings. The number of carbonyl (C=O) groups excluding carboxylic acids is 1. The van der Waals surface area contributed by atoms with Gasteiger partial charge in [0.2, 0.25) is 5.91 Å². The highest BCUT2D eigenvalue weighted by Crippen LogP contribution is 2.38. The number of nitrogens with two attached hydrogens (primary N) is 1. The van der Waals surface area contributed by atoms with Crippen LogP contribution in [-0.4, -0.2) is 12.5 Å². The molecule has 1 aliphatic rings. The third-order valence-corrected chi connectivity index (χ3v) is 3.61. The van der Waals surface area contributed by atoms with Crippen LogP contribution in [0.5, 0.6) is 0 Å². The Morgan fingerprint density at radius 2 is 2.00 bits per heavy atom. The van der Waals surface area contributed by atoms with Crippen LogP contribution in [0.1, 0.15) is 5.56 Å². The summed E-state index contributed by atoms with van der Waals surface area (Å²) in [6.45, 7) is 0.690. The Morgan fingerprint density at radius 3 is 2.75 bits per heavy atom. The van der Waals surface area contributed by atoms with Gasteiger partial charge in [0.1, 0.15) is 6.54 Å². The summed E-state index contributed by atoms with van der Waals surface area (Å²) < 4.78 is 0.